The summed E-state index contributed by atoms with van der Waals surface area (Å²) in [5, 5.41) is 16.0. The summed E-state index contributed by atoms with van der Waals surface area (Å²) >= 11 is 0. The fourth-order valence-corrected chi connectivity index (χ4v) is 4.35. The predicted molar refractivity (Wildman–Crippen MR) is 131 cm³/mol. The highest BCUT2D eigenvalue weighted by Gasteiger charge is 2.28. The van der Waals surface area contributed by atoms with Crippen molar-refractivity contribution in [2.45, 2.75) is 32.4 Å². The Hall–Kier alpha value is -3.95. The number of carbonyl (C=O) groups is 2. The summed E-state index contributed by atoms with van der Waals surface area (Å²) in [5.41, 5.74) is 3.06. The summed E-state index contributed by atoms with van der Waals surface area (Å²) in [6, 6.07) is 10.4. The largest absolute Gasteiger partial charge is 0.492 e. The van der Waals surface area contributed by atoms with Gasteiger partial charge in [-0.05, 0) is 43.5 Å². The van der Waals surface area contributed by atoms with E-state index in [9.17, 15) is 14.0 Å². The first-order valence-electron chi connectivity index (χ1n) is 11.6. The van der Waals surface area contributed by atoms with E-state index in [1.807, 2.05) is 42.8 Å². The van der Waals surface area contributed by atoms with Crippen LogP contribution in [0.2, 0.25) is 0 Å². The first-order chi connectivity index (χ1) is 16.9. The van der Waals surface area contributed by atoms with E-state index in [-0.39, 0.29) is 17.6 Å². The molecule has 1 atom stereocenters. The molecule has 0 fully saturated rings. The Morgan fingerprint density at radius 1 is 1.31 bits per heavy atom. The zero-order valence-electron chi connectivity index (χ0n) is 19.8. The standard InChI is InChI=1S/C25H29FN6O3/c1-3-35-19-11-5-10-18-22(19)31-23(32(18)2)17(9-6-12-28-20(27)13-26)30-24(33)16-8-4-7-15-14-29-25(34)21(15)16/h4-5,7-8,10-11,17H,3,6,9,12-14H2,1-2H3,(H2,27,28)(H,29,34)(H,30,33)/t17-/m0/s1. The molecule has 0 radical (unpaired) electrons. The molecule has 35 heavy (non-hydrogen) atoms. The Kier molecular flexibility index (Phi) is 7.28. The maximum Gasteiger partial charge on any atom is 0.252 e. The van der Waals surface area contributed by atoms with Crippen molar-refractivity contribution in [1.82, 2.24) is 25.5 Å². The molecule has 0 saturated heterocycles. The summed E-state index contributed by atoms with van der Waals surface area (Å²) in [6.07, 6.45) is 1.04. The lowest BCUT2D eigenvalue weighted by molar-refractivity contribution is 0.0912. The third kappa shape index (κ3) is 4.96. The maximum atomic E-state index is 13.4. The minimum Gasteiger partial charge on any atom is -0.492 e. The lowest BCUT2D eigenvalue weighted by Gasteiger charge is -2.20. The molecule has 4 rings (SSSR count). The molecule has 0 spiro atoms. The van der Waals surface area contributed by atoms with Gasteiger partial charge in [0.15, 0.2) is 0 Å². The Morgan fingerprint density at radius 2 is 2.11 bits per heavy atom. The van der Waals surface area contributed by atoms with Crippen LogP contribution in [0, 0.1) is 5.41 Å². The number of aromatic nitrogens is 2. The fraction of sp³-hybridized carbons (Fsp3) is 0.360. The monoisotopic (exact) mass is 480 g/mol. The molecule has 1 aromatic heterocycles. The number of fused-ring (bicyclic) bond motifs is 2. The predicted octanol–water partition coefficient (Wildman–Crippen LogP) is 3.00. The van der Waals surface area contributed by atoms with Crippen molar-refractivity contribution in [3.8, 4) is 5.75 Å². The van der Waals surface area contributed by atoms with Crippen molar-refractivity contribution >= 4 is 28.7 Å². The molecule has 1 aliphatic rings. The molecule has 0 aliphatic carbocycles. The van der Waals surface area contributed by atoms with Gasteiger partial charge in [-0.15, -0.1) is 0 Å². The Morgan fingerprint density at radius 3 is 2.89 bits per heavy atom. The van der Waals surface area contributed by atoms with Crippen molar-refractivity contribution in [2.75, 3.05) is 19.8 Å². The van der Waals surface area contributed by atoms with Crippen LogP contribution in [0.1, 0.15) is 57.9 Å². The average Bonchev–Trinajstić information content (AvgIpc) is 3.41. The molecule has 0 unspecified atom stereocenters. The van der Waals surface area contributed by atoms with Crippen molar-refractivity contribution in [2.24, 2.45) is 7.05 Å². The highest BCUT2D eigenvalue weighted by Crippen LogP contribution is 2.29. The molecule has 2 heterocycles. The third-order valence-corrected chi connectivity index (χ3v) is 6.03. The van der Waals surface area contributed by atoms with Crippen LogP contribution < -0.4 is 20.7 Å². The van der Waals surface area contributed by atoms with Gasteiger partial charge < -0.3 is 25.3 Å². The molecule has 1 aliphatic heterocycles. The number of imidazole rings is 1. The van der Waals surface area contributed by atoms with Crippen molar-refractivity contribution in [1.29, 1.82) is 5.41 Å². The minimum absolute atomic E-state index is 0.180. The van der Waals surface area contributed by atoms with Crippen LogP contribution in [-0.2, 0) is 13.6 Å². The third-order valence-electron chi connectivity index (χ3n) is 6.03. The SMILES string of the molecule is CCOc1cccc2c1nc([C@H](CCCNC(=N)CF)NC(=O)c1cccc3c1C(=O)NC3)n2C. The quantitative estimate of drug-likeness (QED) is 0.202. The number of alkyl halides is 1. The van der Waals surface area contributed by atoms with Crippen LogP contribution in [0.4, 0.5) is 4.39 Å². The van der Waals surface area contributed by atoms with Gasteiger partial charge in [0.2, 0.25) is 0 Å². The number of hydrogen-bond donors (Lipinski definition) is 4. The van der Waals surface area contributed by atoms with Gasteiger partial charge in [-0.25, -0.2) is 9.37 Å². The van der Waals surface area contributed by atoms with Gasteiger partial charge in [0.25, 0.3) is 11.8 Å². The summed E-state index contributed by atoms with van der Waals surface area (Å²) < 4.78 is 20.3. The second-order valence-corrected chi connectivity index (χ2v) is 8.32. The van der Waals surface area contributed by atoms with Gasteiger partial charge >= 0.3 is 0 Å². The molecule has 10 heteroatoms. The van der Waals surface area contributed by atoms with Crippen LogP contribution >= 0.6 is 0 Å². The minimum atomic E-state index is -0.855. The van der Waals surface area contributed by atoms with E-state index in [0.717, 1.165) is 11.1 Å². The van der Waals surface area contributed by atoms with Crippen molar-refractivity contribution in [3.05, 3.63) is 58.9 Å². The number of para-hydroxylation sites is 1. The number of rotatable bonds is 10. The van der Waals surface area contributed by atoms with Crippen molar-refractivity contribution < 1.29 is 18.7 Å². The first-order valence-corrected chi connectivity index (χ1v) is 11.6. The normalized spacial score (nSPS) is 13.3. The van der Waals surface area contributed by atoms with E-state index in [4.69, 9.17) is 15.1 Å². The lowest BCUT2D eigenvalue weighted by Crippen LogP contribution is -2.33. The fourth-order valence-electron chi connectivity index (χ4n) is 4.35. The van der Waals surface area contributed by atoms with Crippen LogP contribution in [0.25, 0.3) is 11.0 Å². The molecular formula is C25H29FN6O3. The molecule has 2 aromatic carbocycles. The van der Waals surface area contributed by atoms with Gasteiger partial charge in [0.1, 0.15) is 29.6 Å². The summed E-state index contributed by atoms with van der Waals surface area (Å²) in [4.78, 5) is 30.5. The zero-order chi connectivity index (χ0) is 24.9. The average molecular weight is 481 g/mol. The summed E-state index contributed by atoms with van der Waals surface area (Å²) in [5.74, 6) is 0.483. The van der Waals surface area contributed by atoms with Crippen LogP contribution in [0.3, 0.4) is 0 Å². The van der Waals surface area contributed by atoms with E-state index in [1.165, 1.54) is 0 Å². The second kappa shape index (κ2) is 10.5. The van der Waals surface area contributed by atoms with E-state index in [1.54, 1.807) is 12.1 Å². The number of nitrogens with zero attached hydrogens (tertiary/aromatic N) is 2. The zero-order valence-corrected chi connectivity index (χ0v) is 19.8. The molecular weight excluding hydrogens is 451 g/mol. The molecule has 4 N–H and O–H groups in total. The number of halogens is 1. The number of hydrogen-bond acceptors (Lipinski definition) is 5. The number of carbonyl (C=O) groups excluding carboxylic acids is 2. The Balaban J connectivity index is 1.65. The first kappa shape index (κ1) is 24.2. The van der Waals surface area contributed by atoms with Crippen LogP contribution in [0.5, 0.6) is 5.75 Å². The number of ether oxygens (including phenoxy) is 1. The molecule has 0 saturated carbocycles. The number of amidine groups is 1. The smallest absolute Gasteiger partial charge is 0.252 e. The maximum absolute atomic E-state index is 13.4. The van der Waals surface area contributed by atoms with E-state index >= 15 is 0 Å². The highest BCUT2D eigenvalue weighted by atomic mass is 19.1. The summed E-state index contributed by atoms with van der Waals surface area (Å²) in [6.45, 7) is 2.33. The van der Waals surface area contributed by atoms with Crippen molar-refractivity contribution in [3.63, 3.8) is 0 Å². The van der Waals surface area contributed by atoms with Gasteiger partial charge in [-0.3, -0.25) is 15.0 Å². The molecule has 9 nitrogen and oxygen atoms in total. The van der Waals surface area contributed by atoms with E-state index in [2.05, 4.69) is 16.0 Å². The topological polar surface area (TPSA) is 121 Å². The second-order valence-electron chi connectivity index (χ2n) is 8.32. The Labute approximate surface area is 202 Å². The number of aryl methyl sites for hydroxylation is 1. The number of nitrogens with one attached hydrogen (secondary N) is 4. The molecule has 0 bridgehead atoms. The molecule has 3 aromatic rings. The van der Waals surface area contributed by atoms with Gasteiger partial charge in [-0.2, -0.15) is 0 Å². The lowest BCUT2D eigenvalue weighted by atomic mass is 10.0. The summed E-state index contributed by atoms with van der Waals surface area (Å²) in [7, 11) is 1.88. The van der Waals surface area contributed by atoms with Gasteiger partial charge in [-0.1, -0.05) is 18.2 Å². The van der Waals surface area contributed by atoms with Gasteiger partial charge in [0, 0.05) is 20.1 Å². The Bertz CT molecular complexity index is 1270. The van der Waals surface area contributed by atoms with Crippen LogP contribution in [0.15, 0.2) is 36.4 Å². The van der Waals surface area contributed by atoms with Crippen LogP contribution in [-0.4, -0.2) is 47.0 Å². The van der Waals surface area contributed by atoms with E-state index < -0.39 is 12.7 Å². The number of benzene rings is 2. The number of amides is 2. The molecule has 184 valence electrons. The van der Waals surface area contributed by atoms with Gasteiger partial charge in [0.05, 0.1) is 29.3 Å². The van der Waals surface area contributed by atoms with E-state index in [0.29, 0.717) is 60.8 Å². The highest BCUT2D eigenvalue weighted by molar-refractivity contribution is 6.09. The molecule has 2 amide bonds.